The summed E-state index contributed by atoms with van der Waals surface area (Å²) in [6.07, 6.45) is 1.49. The maximum Gasteiger partial charge on any atom is 0.270 e. The minimum Gasteiger partial charge on any atom is -0.378 e. The Labute approximate surface area is 140 Å². The number of hydrogen-bond donors (Lipinski definition) is 1. The van der Waals surface area contributed by atoms with Crippen LogP contribution >= 0.6 is 0 Å². The second-order valence-electron chi connectivity index (χ2n) is 5.50. The molecular formula is C18H19N3O3. The summed E-state index contributed by atoms with van der Waals surface area (Å²) in [5.41, 5.74) is 1.72. The fraction of sp³-hybridized carbons (Fsp3) is 0.278. The smallest absolute Gasteiger partial charge is 0.270 e. The number of nitrogens with one attached hydrogen (secondary N) is 1. The molecule has 2 aromatic rings. The maximum absolute atomic E-state index is 12.5. The van der Waals surface area contributed by atoms with Crippen LogP contribution in [0.25, 0.3) is 0 Å². The van der Waals surface area contributed by atoms with Crippen LogP contribution in [0.3, 0.4) is 0 Å². The molecule has 0 unspecified atom stereocenters. The van der Waals surface area contributed by atoms with Crippen molar-refractivity contribution < 1.29 is 14.3 Å². The van der Waals surface area contributed by atoms with Gasteiger partial charge in [-0.25, -0.2) is 0 Å². The van der Waals surface area contributed by atoms with Crippen molar-refractivity contribution in [3.05, 3.63) is 65.5 Å². The average molecular weight is 325 g/mol. The Kier molecular flexibility index (Phi) is 5.18. The number of benzene rings is 1. The molecule has 124 valence electrons. The Morgan fingerprint density at radius 2 is 1.88 bits per heavy atom. The van der Waals surface area contributed by atoms with Crippen LogP contribution in [0.4, 0.5) is 0 Å². The molecule has 0 spiro atoms. The number of rotatable bonds is 4. The first-order valence-corrected chi connectivity index (χ1v) is 7.89. The number of carbonyl (C=O) groups excluding carboxylic acids is 2. The molecule has 1 N–H and O–H groups in total. The van der Waals surface area contributed by atoms with E-state index in [1.807, 2.05) is 30.3 Å². The Hall–Kier alpha value is -2.73. The number of aromatic nitrogens is 1. The van der Waals surface area contributed by atoms with Crippen molar-refractivity contribution in [3.63, 3.8) is 0 Å². The summed E-state index contributed by atoms with van der Waals surface area (Å²) in [4.78, 5) is 30.5. The summed E-state index contributed by atoms with van der Waals surface area (Å²) in [7, 11) is 0. The molecule has 2 amide bonds. The van der Waals surface area contributed by atoms with Gasteiger partial charge in [0.25, 0.3) is 11.8 Å². The molecule has 0 aliphatic carbocycles. The number of pyridine rings is 1. The van der Waals surface area contributed by atoms with Gasteiger partial charge in [0.05, 0.1) is 13.2 Å². The first-order valence-electron chi connectivity index (χ1n) is 7.89. The van der Waals surface area contributed by atoms with E-state index >= 15 is 0 Å². The zero-order valence-electron chi connectivity index (χ0n) is 13.3. The van der Waals surface area contributed by atoms with Crippen LogP contribution in [0.15, 0.2) is 48.7 Å². The van der Waals surface area contributed by atoms with Crippen molar-refractivity contribution in [2.45, 2.75) is 6.54 Å². The molecule has 24 heavy (non-hydrogen) atoms. The molecule has 3 rings (SSSR count). The van der Waals surface area contributed by atoms with Gasteiger partial charge in [-0.05, 0) is 17.7 Å². The van der Waals surface area contributed by atoms with Crippen molar-refractivity contribution in [1.82, 2.24) is 15.2 Å². The molecule has 1 saturated heterocycles. The summed E-state index contributed by atoms with van der Waals surface area (Å²) in [6, 6.07) is 12.8. The van der Waals surface area contributed by atoms with Crippen molar-refractivity contribution in [2.24, 2.45) is 0 Å². The van der Waals surface area contributed by atoms with Crippen LogP contribution in [0.5, 0.6) is 0 Å². The van der Waals surface area contributed by atoms with Crippen molar-refractivity contribution in [3.8, 4) is 0 Å². The van der Waals surface area contributed by atoms with Gasteiger partial charge in [-0.3, -0.25) is 14.6 Å². The molecule has 2 heterocycles. The highest BCUT2D eigenvalue weighted by Crippen LogP contribution is 2.09. The Morgan fingerprint density at radius 1 is 1.12 bits per heavy atom. The number of nitrogens with zero attached hydrogens (tertiary/aromatic N) is 2. The summed E-state index contributed by atoms with van der Waals surface area (Å²) in [6.45, 7) is 2.64. The molecule has 0 atom stereocenters. The van der Waals surface area contributed by atoms with Gasteiger partial charge < -0.3 is 15.0 Å². The lowest BCUT2D eigenvalue weighted by Crippen LogP contribution is -2.40. The van der Waals surface area contributed by atoms with Crippen LogP contribution in [0.1, 0.15) is 26.4 Å². The molecule has 1 aromatic carbocycles. The minimum absolute atomic E-state index is 0.0993. The standard InChI is InChI=1S/C18H19N3O3/c22-17(20-13-14-4-2-1-3-5-14)16-12-15(6-7-19-16)18(23)21-8-10-24-11-9-21/h1-7,12H,8-11,13H2,(H,20,22). The van der Waals surface area contributed by atoms with Gasteiger partial charge in [-0.1, -0.05) is 30.3 Å². The molecule has 1 fully saturated rings. The molecule has 1 aliphatic rings. The number of hydrogen-bond acceptors (Lipinski definition) is 4. The number of morpholine rings is 1. The summed E-state index contributed by atoms with van der Waals surface area (Å²) in [5.74, 6) is -0.395. The molecule has 6 heteroatoms. The Bertz CT molecular complexity index is 712. The van der Waals surface area contributed by atoms with Crippen molar-refractivity contribution >= 4 is 11.8 Å². The highest BCUT2D eigenvalue weighted by molar-refractivity contribution is 5.98. The van der Waals surface area contributed by atoms with E-state index in [2.05, 4.69) is 10.3 Å². The van der Waals surface area contributed by atoms with Gasteiger partial charge in [-0.15, -0.1) is 0 Å². The predicted octanol–water partition coefficient (Wildman–Crippen LogP) is 1.48. The van der Waals surface area contributed by atoms with Crippen LogP contribution in [0.2, 0.25) is 0 Å². The number of ether oxygens (including phenoxy) is 1. The van der Waals surface area contributed by atoms with E-state index in [0.717, 1.165) is 5.56 Å². The largest absolute Gasteiger partial charge is 0.378 e. The van der Waals surface area contributed by atoms with Crippen LogP contribution in [-0.2, 0) is 11.3 Å². The van der Waals surface area contributed by atoms with Gasteiger partial charge >= 0.3 is 0 Å². The number of amides is 2. The predicted molar refractivity (Wildman–Crippen MR) is 88.6 cm³/mol. The lowest BCUT2D eigenvalue weighted by Gasteiger charge is -2.26. The summed E-state index contributed by atoms with van der Waals surface area (Å²) < 4.78 is 5.25. The molecule has 1 aromatic heterocycles. The van der Waals surface area contributed by atoms with E-state index in [9.17, 15) is 9.59 Å². The monoisotopic (exact) mass is 325 g/mol. The van der Waals surface area contributed by atoms with E-state index in [0.29, 0.717) is 38.4 Å². The average Bonchev–Trinajstić information content (AvgIpc) is 2.67. The van der Waals surface area contributed by atoms with E-state index < -0.39 is 0 Å². The van der Waals surface area contributed by atoms with Crippen molar-refractivity contribution in [1.29, 1.82) is 0 Å². The third-order valence-corrected chi connectivity index (χ3v) is 3.83. The van der Waals surface area contributed by atoms with Gasteiger partial charge in [0.15, 0.2) is 0 Å². The first-order chi connectivity index (χ1) is 11.7. The summed E-state index contributed by atoms with van der Waals surface area (Å²) in [5, 5.41) is 2.81. The maximum atomic E-state index is 12.5. The minimum atomic E-state index is -0.296. The van der Waals surface area contributed by atoms with Crippen LogP contribution in [0, 0.1) is 0 Å². The molecule has 6 nitrogen and oxygen atoms in total. The highest BCUT2D eigenvalue weighted by atomic mass is 16.5. The van der Waals surface area contributed by atoms with E-state index in [4.69, 9.17) is 4.74 Å². The first kappa shape index (κ1) is 16.1. The van der Waals surface area contributed by atoms with Gasteiger partial charge in [-0.2, -0.15) is 0 Å². The van der Waals surface area contributed by atoms with Gasteiger partial charge in [0.2, 0.25) is 0 Å². The van der Waals surface area contributed by atoms with E-state index in [-0.39, 0.29) is 17.5 Å². The van der Waals surface area contributed by atoms with Crippen LogP contribution < -0.4 is 5.32 Å². The molecule has 0 radical (unpaired) electrons. The Morgan fingerprint density at radius 3 is 2.62 bits per heavy atom. The third-order valence-electron chi connectivity index (χ3n) is 3.83. The topological polar surface area (TPSA) is 71.5 Å². The van der Waals surface area contributed by atoms with E-state index in [1.54, 1.807) is 11.0 Å². The lowest BCUT2D eigenvalue weighted by molar-refractivity contribution is 0.0303. The zero-order chi connectivity index (χ0) is 16.8. The fourth-order valence-corrected chi connectivity index (χ4v) is 2.51. The lowest BCUT2D eigenvalue weighted by atomic mass is 10.2. The highest BCUT2D eigenvalue weighted by Gasteiger charge is 2.19. The third kappa shape index (κ3) is 3.97. The summed E-state index contributed by atoms with van der Waals surface area (Å²) >= 11 is 0. The molecule has 0 saturated carbocycles. The normalized spacial score (nSPS) is 14.2. The number of carbonyl (C=O) groups is 2. The second-order valence-corrected chi connectivity index (χ2v) is 5.50. The quantitative estimate of drug-likeness (QED) is 0.924. The van der Waals surface area contributed by atoms with E-state index in [1.165, 1.54) is 12.3 Å². The van der Waals surface area contributed by atoms with Gasteiger partial charge in [0.1, 0.15) is 5.69 Å². The molecule has 0 bridgehead atoms. The van der Waals surface area contributed by atoms with Crippen molar-refractivity contribution in [2.75, 3.05) is 26.3 Å². The fourth-order valence-electron chi connectivity index (χ4n) is 2.51. The molecular weight excluding hydrogens is 306 g/mol. The van der Waals surface area contributed by atoms with Gasteiger partial charge in [0, 0.05) is 31.4 Å². The molecule has 1 aliphatic heterocycles. The Balaban J connectivity index is 1.65. The zero-order valence-corrected chi connectivity index (χ0v) is 13.3. The van der Waals surface area contributed by atoms with Crippen LogP contribution in [-0.4, -0.2) is 48.0 Å². The SMILES string of the molecule is O=C(NCc1ccccc1)c1cc(C(=O)N2CCOCC2)ccn1. The second kappa shape index (κ2) is 7.70.